The molecule has 0 spiro atoms. The van der Waals surface area contributed by atoms with Crippen molar-refractivity contribution in [3.05, 3.63) is 59.8 Å². The highest BCUT2D eigenvalue weighted by molar-refractivity contribution is 5.93. The fourth-order valence-electron chi connectivity index (χ4n) is 2.67. The number of imide groups is 1. The van der Waals surface area contributed by atoms with E-state index < -0.39 is 6.09 Å². The highest BCUT2D eigenvalue weighted by Crippen LogP contribution is 2.28. The van der Waals surface area contributed by atoms with Gasteiger partial charge in [-0.1, -0.05) is 36.4 Å². The summed E-state index contributed by atoms with van der Waals surface area (Å²) in [6.07, 6.45) is 1.80. The topological polar surface area (TPSA) is 68.7 Å². The van der Waals surface area contributed by atoms with Crippen LogP contribution in [-0.2, 0) is 16.0 Å². The van der Waals surface area contributed by atoms with Crippen LogP contribution in [0.3, 0.4) is 0 Å². The number of ether oxygens (including phenoxy) is 2. The van der Waals surface area contributed by atoms with Crippen molar-refractivity contribution in [2.24, 2.45) is 0 Å². The molecule has 1 unspecified atom stereocenters. The van der Waals surface area contributed by atoms with Crippen molar-refractivity contribution in [2.45, 2.75) is 18.9 Å². The molecule has 1 saturated heterocycles. The van der Waals surface area contributed by atoms with E-state index in [0.717, 1.165) is 11.1 Å². The van der Waals surface area contributed by atoms with Crippen molar-refractivity contribution >= 4 is 12.0 Å². The van der Waals surface area contributed by atoms with Crippen molar-refractivity contribution in [1.82, 2.24) is 9.88 Å². The second-order valence-electron chi connectivity index (χ2n) is 5.48. The van der Waals surface area contributed by atoms with Crippen LogP contribution in [0.2, 0.25) is 0 Å². The minimum absolute atomic E-state index is 0.193. The molecule has 2 amide bonds. The number of cyclic esters (lactones) is 1. The third-order valence-corrected chi connectivity index (χ3v) is 3.96. The van der Waals surface area contributed by atoms with Crippen molar-refractivity contribution in [3.8, 4) is 5.88 Å². The van der Waals surface area contributed by atoms with Crippen LogP contribution in [0.15, 0.2) is 48.7 Å². The Morgan fingerprint density at radius 3 is 2.75 bits per heavy atom. The Kier molecular flexibility index (Phi) is 4.74. The highest BCUT2D eigenvalue weighted by atomic mass is 16.6. The number of benzene rings is 1. The molecule has 0 saturated carbocycles. The number of amides is 2. The molecule has 2 aromatic rings. The summed E-state index contributed by atoms with van der Waals surface area (Å²) in [6, 6.07) is 12.7. The molecular formula is C18H18N2O4. The third kappa shape index (κ3) is 3.37. The summed E-state index contributed by atoms with van der Waals surface area (Å²) in [5.41, 5.74) is 1.80. The summed E-state index contributed by atoms with van der Waals surface area (Å²) in [4.78, 5) is 29.8. The van der Waals surface area contributed by atoms with Gasteiger partial charge >= 0.3 is 6.09 Å². The predicted octanol–water partition coefficient (Wildman–Crippen LogP) is 2.74. The van der Waals surface area contributed by atoms with Gasteiger partial charge in [0.15, 0.2) is 0 Å². The number of aromatic nitrogens is 1. The minimum atomic E-state index is -0.582. The van der Waals surface area contributed by atoms with Gasteiger partial charge < -0.3 is 9.47 Å². The van der Waals surface area contributed by atoms with E-state index in [0.29, 0.717) is 12.3 Å². The summed E-state index contributed by atoms with van der Waals surface area (Å²) >= 11 is 0. The molecule has 3 rings (SSSR count). The Hall–Kier alpha value is -2.89. The summed E-state index contributed by atoms with van der Waals surface area (Å²) in [7, 11) is 1.55. The molecule has 1 aromatic heterocycles. The maximum absolute atomic E-state index is 12.5. The van der Waals surface area contributed by atoms with Crippen LogP contribution < -0.4 is 4.74 Å². The van der Waals surface area contributed by atoms with Crippen LogP contribution in [-0.4, -0.2) is 35.6 Å². The number of methoxy groups -OCH3 is 1. The first-order valence-electron chi connectivity index (χ1n) is 7.71. The van der Waals surface area contributed by atoms with E-state index in [1.54, 1.807) is 19.4 Å². The van der Waals surface area contributed by atoms with Gasteiger partial charge in [0.25, 0.3) is 0 Å². The van der Waals surface area contributed by atoms with Gasteiger partial charge in [0.2, 0.25) is 11.8 Å². The second kappa shape index (κ2) is 7.12. The fourth-order valence-corrected chi connectivity index (χ4v) is 2.67. The van der Waals surface area contributed by atoms with E-state index in [9.17, 15) is 9.59 Å². The predicted molar refractivity (Wildman–Crippen MR) is 86.5 cm³/mol. The zero-order chi connectivity index (χ0) is 16.9. The van der Waals surface area contributed by atoms with Gasteiger partial charge in [-0.3, -0.25) is 4.79 Å². The zero-order valence-corrected chi connectivity index (χ0v) is 13.3. The minimum Gasteiger partial charge on any atom is -0.481 e. The molecule has 6 heteroatoms. The number of hydrogen-bond donors (Lipinski definition) is 0. The van der Waals surface area contributed by atoms with Crippen LogP contribution in [0.5, 0.6) is 5.88 Å². The fraction of sp³-hybridized carbons (Fsp3) is 0.278. The third-order valence-electron chi connectivity index (χ3n) is 3.96. The van der Waals surface area contributed by atoms with Gasteiger partial charge in [0, 0.05) is 18.7 Å². The van der Waals surface area contributed by atoms with Crippen molar-refractivity contribution < 1.29 is 19.1 Å². The van der Waals surface area contributed by atoms with Gasteiger partial charge in [-0.15, -0.1) is 0 Å². The zero-order valence-electron chi connectivity index (χ0n) is 13.3. The molecule has 0 radical (unpaired) electrons. The quantitative estimate of drug-likeness (QED) is 0.845. The Morgan fingerprint density at radius 2 is 2.08 bits per heavy atom. The average Bonchev–Trinajstić information content (AvgIpc) is 3.02. The molecule has 2 heterocycles. The smallest absolute Gasteiger partial charge is 0.417 e. The molecule has 124 valence electrons. The molecule has 1 aliphatic heterocycles. The number of hydrogen-bond acceptors (Lipinski definition) is 5. The molecule has 24 heavy (non-hydrogen) atoms. The van der Waals surface area contributed by atoms with Gasteiger partial charge in [-0.2, -0.15) is 0 Å². The largest absolute Gasteiger partial charge is 0.481 e. The van der Waals surface area contributed by atoms with Gasteiger partial charge in [-0.25, -0.2) is 14.7 Å². The summed E-state index contributed by atoms with van der Waals surface area (Å²) in [6.45, 7) is 0.193. The molecule has 1 aromatic carbocycles. The molecule has 0 bridgehead atoms. The number of nitrogens with zero attached hydrogens (tertiary/aromatic N) is 2. The first-order chi connectivity index (χ1) is 11.7. The van der Waals surface area contributed by atoms with Crippen molar-refractivity contribution in [1.29, 1.82) is 0 Å². The van der Waals surface area contributed by atoms with E-state index >= 15 is 0 Å². The van der Waals surface area contributed by atoms with Crippen molar-refractivity contribution in [3.63, 3.8) is 0 Å². The van der Waals surface area contributed by atoms with Crippen LogP contribution in [0.1, 0.15) is 23.6 Å². The van der Waals surface area contributed by atoms with Gasteiger partial charge in [-0.05, 0) is 17.5 Å². The summed E-state index contributed by atoms with van der Waals surface area (Å²) in [5.74, 6) is 0.277. The molecule has 6 nitrogen and oxygen atoms in total. The maximum Gasteiger partial charge on any atom is 0.417 e. The monoisotopic (exact) mass is 326 g/mol. The number of pyridine rings is 1. The van der Waals surface area contributed by atoms with E-state index in [4.69, 9.17) is 9.47 Å². The van der Waals surface area contributed by atoms with E-state index in [1.165, 1.54) is 4.90 Å². The number of aryl methyl sites for hydroxylation is 1. The average molecular weight is 326 g/mol. The number of rotatable bonds is 5. The highest BCUT2D eigenvalue weighted by Gasteiger charge is 2.38. The SMILES string of the molecule is COc1ccc(CCC(=O)N2C(=O)OCC2c2ccccc2)cn1. The van der Waals surface area contributed by atoms with E-state index in [1.807, 2.05) is 36.4 Å². The maximum atomic E-state index is 12.5. The molecule has 1 aliphatic rings. The van der Waals surface area contributed by atoms with Crippen LogP contribution >= 0.6 is 0 Å². The number of carbonyl (C=O) groups excluding carboxylic acids is 2. The van der Waals surface area contributed by atoms with Crippen LogP contribution in [0, 0.1) is 0 Å². The molecule has 0 N–H and O–H groups in total. The Morgan fingerprint density at radius 1 is 1.29 bits per heavy atom. The van der Waals surface area contributed by atoms with Gasteiger partial charge in [0.1, 0.15) is 12.6 Å². The van der Waals surface area contributed by atoms with Crippen LogP contribution in [0.4, 0.5) is 4.79 Å². The lowest BCUT2D eigenvalue weighted by atomic mass is 10.1. The molecule has 1 atom stereocenters. The Bertz CT molecular complexity index is 716. The number of carbonyl (C=O) groups is 2. The second-order valence-corrected chi connectivity index (χ2v) is 5.48. The van der Waals surface area contributed by atoms with E-state index in [2.05, 4.69) is 4.98 Å². The molecule has 1 fully saturated rings. The Labute approximate surface area is 140 Å². The normalized spacial score (nSPS) is 16.8. The molecular weight excluding hydrogens is 308 g/mol. The van der Waals surface area contributed by atoms with Crippen molar-refractivity contribution in [2.75, 3.05) is 13.7 Å². The summed E-state index contributed by atoms with van der Waals surface area (Å²) in [5, 5.41) is 0. The molecule has 0 aliphatic carbocycles. The Balaban J connectivity index is 1.67. The lowest BCUT2D eigenvalue weighted by Gasteiger charge is -2.19. The first-order valence-corrected chi connectivity index (χ1v) is 7.71. The lowest BCUT2D eigenvalue weighted by molar-refractivity contribution is -0.129. The lowest BCUT2D eigenvalue weighted by Crippen LogP contribution is -2.34. The standard InChI is InChI=1S/C18H18N2O4/c1-23-16-9-7-13(11-19-16)8-10-17(21)20-15(12-24-18(20)22)14-5-3-2-4-6-14/h2-7,9,11,15H,8,10,12H2,1H3. The first kappa shape index (κ1) is 16.0. The van der Waals surface area contributed by atoms with E-state index in [-0.39, 0.29) is 25.0 Å². The van der Waals surface area contributed by atoms with Gasteiger partial charge in [0.05, 0.1) is 7.11 Å². The van der Waals surface area contributed by atoms with Crippen LogP contribution in [0.25, 0.3) is 0 Å². The summed E-state index contributed by atoms with van der Waals surface area (Å²) < 4.78 is 10.1.